The topological polar surface area (TPSA) is 143 Å². The highest BCUT2D eigenvalue weighted by Crippen LogP contribution is 2.46. The van der Waals surface area contributed by atoms with E-state index in [1.54, 1.807) is 30.6 Å². The van der Waals surface area contributed by atoms with Crippen LogP contribution in [0.2, 0.25) is 5.15 Å². The van der Waals surface area contributed by atoms with E-state index in [0.717, 1.165) is 4.47 Å². The minimum atomic E-state index is -3.94. The Hall–Kier alpha value is -2.50. The molecule has 0 aliphatic heterocycles. The van der Waals surface area contributed by atoms with Crippen molar-refractivity contribution < 1.29 is 23.1 Å². The number of carbonyl (C=O) groups is 1. The molecule has 3 aromatic rings. The van der Waals surface area contributed by atoms with E-state index in [2.05, 4.69) is 36.0 Å². The Balaban J connectivity index is 1.46. The number of nitrogens with zero attached hydrogens (tertiary/aromatic N) is 4. The van der Waals surface area contributed by atoms with Gasteiger partial charge in [0.2, 0.25) is 5.95 Å². The van der Waals surface area contributed by atoms with E-state index in [0.29, 0.717) is 23.3 Å². The SMILES string of the molecule is COC(=O)[C@H](C)NP(=O)(OC[C@@H]1C=C[C@H](n2cnc3c(Cl)nc(N)nc32)C1)Oc1ccc(Br)cc1. The third-order valence-corrected chi connectivity index (χ3v) is 7.74. The first kappa shape index (κ1) is 25.6. The number of nitrogens with two attached hydrogens (primary N) is 1. The Morgan fingerprint density at radius 1 is 1.34 bits per heavy atom. The molecule has 35 heavy (non-hydrogen) atoms. The molecule has 11 nitrogen and oxygen atoms in total. The molecule has 14 heteroatoms. The highest BCUT2D eigenvalue weighted by molar-refractivity contribution is 9.10. The van der Waals surface area contributed by atoms with Gasteiger partial charge in [0, 0.05) is 10.4 Å². The Labute approximate surface area is 214 Å². The second-order valence-electron chi connectivity index (χ2n) is 7.86. The monoisotopic (exact) mass is 584 g/mol. The Bertz CT molecular complexity index is 1300. The van der Waals surface area contributed by atoms with Gasteiger partial charge in [-0.1, -0.05) is 39.7 Å². The molecule has 0 spiro atoms. The zero-order valence-corrected chi connectivity index (χ0v) is 22.0. The highest BCUT2D eigenvalue weighted by atomic mass is 79.9. The van der Waals surface area contributed by atoms with Gasteiger partial charge in [-0.15, -0.1) is 0 Å². The average Bonchev–Trinajstić information content (AvgIpc) is 3.45. The van der Waals surface area contributed by atoms with Gasteiger partial charge in [-0.3, -0.25) is 9.32 Å². The predicted octanol–water partition coefficient (Wildman–Crippen LogP) is 4.30. The number of fused-ring (bicyclic) bond motifs is 1. The number of carbonyl (C=O) groups excluding carboxylic acids is 1. The number of esters is 1. The molecule has 0 bridgehead atoms. The molecule has 0 saturated carbocycles. The number of allylic oxidation sites excluding steroid dienone is 1. The molecule has 4 atom stereocenters. The van der Waals surface area contributed by atoms with Crippen molar-refractivity contribution in [3.05, 3.63) is 52.4 Å². The van der Waals surface area contributed by atoms with Crippen molar-refractivity contribution in [2.75, 3.05) is 19.5 Å². The molecule has 4 rings (SSSR count). The van der Waals surface area contributed by atoms with Crippen LogP contribution in [0.15, 0.2) is 47.2 Å². The minimum absolute atomic E-state index is 0.0583. The van der Waals surface area contributed by atoms with Crippen LogP contribution >= 0.6 is 35.3 Å². The fraction of sp³-hybridized carbons (Fsp3) is 0.333. The molecular formula is C21H23BrClN6O5P. The lowest BCUT2D eigenvalue weighted by Crippen LogP contribution is -2.34. The summed E-state index contributed by atoms with van der Waals surface area (Å²) in [6.45, 7) is 1.59. The standard InChI is InChI=1S/C21H23BrClN6O5P/c1-12(20(30)32-2)28-35(31,34-16-7-4-14(22)5-8-16)33-10-13-3-6-15(9-13)29-11-25-17-18(23)26-21(24)27-19(17)29/h3-8,11-13,15H,9-10H2,1-2H3,(H,28,31)(H2,24,26,27)/t12-,13+,15-,35?/m0/s1. The summed E-state index contributed by atoms with van der Waals surface area (Å²) in [6.07, 6.45) is 6.19. The van der Waals surface area contributed by atoms with Crippen molar-refractivity contribution in [1.29, 1.82) is 0 Å². The maximum Gasteiger partial charge on any atom is 0.459 e. The van der Waals surface area contributed by atoms with Crippen molar-refractivity contribution in [2.45, 2.75) is 25.4 Å². The smallest absolute Gasteiger partial charge is 0.459 e. The number of benzene rings is 1. The number of halogens is 2. The van der Waals surface area contributed by atoms with Crippen molar-refractivity contribution >= 4 is 58.4 Å². The van der Waals surface area contributed by atoms with Gasteiger partial charge < -0.3 is 19.6 Å². The molecule has 0 fully saturated rings. The lowest BCUT2D eigenvalue weighted by atomic mass is 10.1. The zero-order chi connectivity index (χ0) is 25.2. The van der Waals surface area contributed by atoms with Gasteiger partial charge in [-0.05, 0) is 37.6 Å². The first-order valence-electron chi connectivity index (χ1n) is 10.6. The van der Waals surface area contributed by atoms with Gasteiger partial charge in [0.1, 0.15) is 17.3 Å². The summed E-state index contributed by atoms with van der Waals surface area (Å²) >= 11 is 9.47. The molecule has 2 aromatic heterocycles. The molecule has 0 amide bonds. The van der Waals surface area contributed by atoms with Gasteiger partial charge in [0.25, 0.3) is 0 Å². The number of imidazole rings is 1. The quantitative estimate of drug-likeness (QED) is 0.161. The number of nitrogen functional groups attached to an aromatic ring is 1. The van der Waals surface area contributed by atoms with Crippen LogP contribution in [0.4, 0.5) is 5.95 Å². The molecule has 1 aliphatic rings. The Morgan fingerprint density at radius 2 is 2.09 bits per heavy atom. The number of ether oxygens (including phenoxy) is 1. The van der Waals surface area contributed by atoms with E-state index in [4.69, 9.17) is 31.1 Å². The normalized spacial score (nSPS) is 20.0. The van der Waals surface area contributed by atoms with Crippen molar-refractivity contribution in [1.82, 2.24) is 24.6 Å². The maximum atomic E-state index is 13.6. The average molecular weight is 586 g/mol. The number of hydrogen-bond acceptors (Lipinski definition) is 9. The summed E-state index contributed by atoms with van der Waals surface area (Å²) in [5.74, 6) is -0.312. The fourth-order valence-electron chi connectivity index (χ4n) is 3.61. The second kappa shape index (κ2) is 10.6. The van der Waals surface area contributed by atoms with Crippen LogP contribution < -0.4 is 15.3 Å². The third-order valence-electron chi connectivity index (χ3n) is 5.31. The Kier molecular flexibility index (Phi) is 7.77. The number of aromatic nitrogens is 4. The van der Waals surface area contributed by atoms with Crippen LogP contribution in [0.25, 0.3) is 11.2 Å². The van der Waals surface area contributed by atoms with E-state index >= 15 is 0 Å². The number of rotatable bonds is 9. The molecule has 3 N–H and O–H groups in total. The molecule has 186 valence electrons. The molecule has 2 heterocycles. The summed E-state index contributed by atoms with van der Waals surface area (Å²) in [5.41, 5.74) is 6.73. The fourth-order valence-corrected chi connectivity index (χ4v) is 5.64. The number of methoxy groups -OCH3 is 1. The van der Waals surface area contributed by atoms with Crippen molar-refractivity contribution in [2.24, 2.45) is 5.92 Å². The molecule has 1 aromatic carbocycles. The van der Waals surface area contributed by atoms with Crippen molar-refractivity contribution in [3.63, 3.8) is 0 Å². The van der Waals surface area contributed by atoms with Gasteiger partial charge in [-0.25, -0.2) is 9.55 Å². The van der Waals surface area contributed by atoms with E-state index < -0.39 is 19.8 Å². The van der Waals surface area contributed by atoms with Gasteiger partial charge in [0.15, 0.2) is 10.8 Å². The van der Waals surface area contributed by atoms with Crippen LogP contribution in [-0.4, -0.2) is 45.2 Å². The van der Waals surface area contributed by atoms with E-state index in [-0.39, 0.29) is 29.7 Å². The second-order valence-corrected chi connectivity index (χ2v) is 10.8. The predicted molar refractivity (Wildman–Crippen MR) is 134 cm³/mol. The lowest BCUT2D eigenvalue weighted by Gasteiger charge is -2.24. The summed E-state index contributed by atoms with van der Waals surface area (Å²) in [4.78, 5) is 24.4. The van der Waals surface area contributed by atoms with Crippen LogP contribution in [-0.2, 0) is 18.6 Å². The van der Waals surface area contributed by atoms with E-state index in [1.165, 1.54) is 14.0 Å². The van der Waals surface area contributed by atoms with Crippen LogP contribution in [0, 0.1) is 5.92 Å². The van der Waals surface area contributed by atoms with Crippen molar-refractivity contribution in [3.8, 4) is 5.75 Å². The summed E-state index contributed by atoms with van der Waals surface area (Å²) in [6, 6.07) is 5.75. The number of anilines is 1. The van der Waals surface area contributed by atoms with Gasteiger partial charge in [0.05, 0.1) is 26.1 Å². The van der Waals surface area contributed by atoms with Gasteiger partial charge >= 0.3 is 13.7 Å². The first-order chi connectivity index (χ1) is 16.7. The zero-order valence-electron chi connectivity index (χ0n) is 18.8. The highest BCUT2D eigenvalue weighted by Gasteiger charge is 2.34. The molecule has 1 unspecified atom stereocenters. The Morgan fingerprint density at radius 3 is 2.80 bits per heavy atom. The number of nitrogens with one attached hydrogen (secondary N) is 1. The minimum Gasteiger partial charge on any atom is -0.468 e. The van der Waals surface area contributed by atoms with Crippen LogP contribution in [0.1, 0.15) is 19.4 Å². The van der Waals surface area contributed by atoms with Gasteiger partial charge in [-0.2, -0.15) is 15.1 Å². The largest absolute Gasteiger partial charge is 0.468 e. The molecule has 1 aliphatic carbocycles. The van der Waals surface area contributed by atoms with Crippen LogP contribution in [0.5, 0.6) is 5.75 Å². The molecule has 0 saturated heterocycles. The lowest BCUT2D eigenvalue weighted by molar-refractivity contribution is -0.142. The summed E-state index contributed by atoms with van der Waals surface area (Å²) in [5, 5.41) is 2.83. The summed E-state index contributed by atoms with van der Waals surface area (Å²) in [7, 11) is -2.69. The van der Waals surface area contributed by atoms with Crippen LogP contribution in [0.3, 0.4) is 0 Å². The number of hydrogen-bond donors (Lipinski definition) is 2. The maximum absolute atomic E-state index is 13.6. The van der Waals surface area contributed by atoms with E-state index in [1.807, 2.05) is 16.7 Å². The first-order valence-corrected chi connectivity index (χ1v) is 13.3. The molecular weight excluding hydrogens is 563 g/mol. The summed E-state index contributed by atoms with van der Waals surface area (Å²) < 4.78 is 32.4. The molecule has 0 radical (unpaired) electrons. The van der Waals surface area contributed by atoms with E-state index in [9.17, 15) is 9.36 Å². The third kappa shape index (κ3) is 6.02.